The molecule has 0 unspecified atom stereocenters. The summed E-state index contributed by atoms with van der Waals surface area (Å²) in [6.07, 6.45) is 0.451. The first kappa shape index (κ1) is 21.3. The van der Waals surface area contributed by atoms with Gasteiger partial charge >= 0.3 is 6.09 Å². The van der Waals surface area contributed by atoms with Gasteiger partial charge in [0.05, 0.1) is 36.1 Å². The minimum atomic E-state index is -0.816. The average molecular weight is 450 g/mol. The Kier molecular flexibility index (Phi) is 4.84. The van der Waals surface area contributed by atoms with E-state index in [2.05, 4.69) is 21.7 Å². The third-order valence-corrected chi connectivity index (χ3v) is 6.93. The third-order valence-electron chi connectivity index (χ3n) is 6.93. The number of cyclic esters (lactones) is 1. The number of nitriles is 1. The summed E-state index contributed by atoms with van der Waals surface area (Å²) in [5, 5.41) is 15.6. The number of ether oxygens (including phenoxy) is 1. The third kappa shape index (κ3) is 3.15. The molecule has 3 fully saturated rings. The van der Waals surface area contributed by atoms with E-state index >= 15 is 0 Å². The summed E-state index contributed by atoms with van der Waals surface area (Å²) in [6.45, 7) is 3.03. The topological polar surface area (TPSA) is 133 Å². The van der Waals surface area contributed by atoms with E-state index in [1.54, 1.807) is 30.5 Å². The number of pyridine rings is 1. The van der Waals surface area contributed by atoms with Crippen LogP contribution in [0.3, 0.4) is 0 Å². The zero-order valence-corrected chi connectivity index (χ0v) is 18.0. The van der Waals surface area contributed by atoms with Crippen LogP contribution in [0.15, 0.2) is 36.5 Å². The largest absolute Gasteiger partial charge is 0.442 e. The van der Waals surface area contributed by atoms with Crippen molar-refractivity contribution in [3.05, 3.63) is 48.0 Å². The minimum Gasteiger partial charge on any atom is -0.442 e. The molecule has 10 heteroatoms. The van der Waals surface area contributed by atoms with E-state index in [4.69, 9.17) is 10.5 Å². The van der Waals surface area contributed by atoms with Crippen molar-refractivity contribution in [2.45, 2.75) is 24.0 Å². The van der Waals surface area contributed by atoms with Crippen molar-refractivity contribution in [3.8, 4) is 17.2 Å². The summed E-state index contributed by atoms with van der Waals surface area (Å²) < 4.78 is 20.2. The number of nitrogens with zero attached hydrogens (tertiary/aromatic N) is 3. The number of rotatable bonds is 5. The second-order valence-electron chi connectivity index (χ2n) is 8.79. The van der Waals surface area contributed by atoms with Crippen LogP contribution in [0.2, 0.25) is 0 Å². The molecule has 1 aromatic heterocycles. The molecule has 1 aliphatic carbocycles. The molecule has 4 atom stereocenters. The Morgan fingerprint density at radius 1 is 1.45 bits per heavy atom. The highest BCUT2D eigenvalue weighted by Crippen LogP contribution is 2.62. The summed E-state index contributed by atoms with van der Waals surface area (Å²) in [5.74, 6) is -0.722. The van der Waals surface area contributed by atoms with Gasteiger partial charge in [-0.2, -0.15) is 5.26 Å². The molecule has 0 bridgehead atoms. The van der Waals surface area contributed by atoms with Crippen LogP contribution in [0.25, 0.3) is 11.1 Å². The van der Waals surface area contributed by atoms with Crippen LogP contribution in [0, 0.1) is 23.1 Å². The van der Waals surface area contributed by atoms with Crippen molar-refractivity contribution in [1.82, 2.24) is 15.6 Å². The van der Waals surface area contributed by atoms with Crippen molar-refractivity contribution in [1.29, 1.82) is 5.26 Å². The molecular formula is C23H23FN6O3. The van der Waals surface area contributed by atoms with Crippen LogP contribution in [-0.4, -0.2) is 54.8 Å². The summed E-state index contributed by atoms with van der Waals surface area (Å²) in [5.41, 5.74) is 6.84. The lowest BCUT2D eigenvalue weighted by molar-refractivity contribution is -0.119. The van der Waals surface area contributed by atoms with Gasteiger partial charge in [0.2, 0.25) is 5.91 Å². The van der Waals surface area contributed by atoms with Gasteiger partial charge in [-0.3, -0.25) is 14.7 Å². The average Bonchev–Trinajstić information content (AvgIpc) is 3.08. The van der Waals surface area contributed by atoms with E-state index in [1.807, 2.05) is 0 Å². The fourth-order valence-corrected chi connectivity index (χ4v) is 5.11. The maximum atomic E-state index is 15.0. The highest BCUT2D eigenvalue weighted by atomic mass is 19.1. The van der Waals surface area contributed by atoms with E-state index in [1.165, 1.54) is 17.9 Å². The van der Waals surface area contributed by atoms with Crippen LogP contribution in [0.1, 0.15) is 12.6 Å². The maximum absolute atomic E-state index is 15.0. The molecule has 5 rings (SSSR count). The van der Waals surface area contributed by atoms with Gasteiger partial charge in [0, 0.05) is 43.3 Å². The lowest BCUT2D eigenvalue weighted by atomic mass is 9.94. The predicted octanol–water partition coefficient (Wildman–Crippen LogP) is 1.04. The Labute approximate surface area is 189 Å². The Morgan fingerprint density at radius 2 is 2.27 bits per heavy atom. The normalized spacial score (nSPS) is 29.9. The standard InChI is InChI=1S/C23H23FN6O3/c1-13(31)28-8-16-10-30(21(32)33-16)15-3-4-17(18(24)6-15)14-2-5-20(29-7-14)22(11-25)19-9-27-12-23(19,22)26/h2-7,16,19,27H,8-10,12,26H2,1H3,(H,28,31)/t16-,19-,22+,23+/m0/s1. The van der Waals surface area contributed by atoms with E-state index in [0.29, 0.717) is 35.6 Å². The summed E-state index contributed by atoms with van der Waals surface area (Å²) in [4.78, 5) is 29.1. The zero-order chi connectivity index (χ0) is 23.4. The second kappa shape index (κ2) is 7.50. The first-order chi connectivity index (χ1) is 15.8. The van der Waals surface area contributed by atoms with Crippen molar-refractivity contribution in [2.24, 2.45) is 11.7 Å². The monoisotopic (exact) mass is 450 g/mol. The summed E-state index contributed by atoms with van der Waals surface area (Å²) >= 11 is 0. The van der Waals surface area contributed by atoms with Crippen LogP contribution >= 0.6 is 0 Å². The second-order valence-corrected chi connectivity index (χ2v) is 8.79. The number of carbonyl (C=O) groups excluding carboxylic acids is 2. The molecule has 3 heterocycles. The fraction of sp³-hybridized carbons (Fsp3) is 0.391. The van der Waals surface area contributed by atoms with Crippen LogP contribution in [0.5, 0.6) is 0 Å². The number of hydrogen-bond donors (Lipinski definition) is 3. The van der Waals surface area contributed by atoms with Crippen molar-refractivity contribution < 1.29 is 18.7 Å². The molecular weight excluding hydrogens is 427 g/mol. The summed E-state index contributed by atoms with van der Waals surface area (Å²) in [7, 11) is 0. The molecule has 9 nitrogen and oxygen atoms in total. The molecule has 3 aliphatic rings. The van der Waals surface area contributed by atoms with Gasteiger partial charge in [-0.05, 0) is 24.3 Å². The number of amides is 2. The Hall–Kier alpha value is -3.55. The number of fused-ring (bicyclic) bond motifs is 1. The van der Waals surface area contributed by atoms with Crippen molar-refractivity contribution in [3.63, 3.8) is 0 Å². The number of nitrogens with two attached hydrogens (primary N) is 1. The van der Waals surface area contributed by atoms with Gasteiger partial charge in [0.1, 0.15) is 17.3 Å². The first-order valence-corrected chi connectivity index (χ1v) is 10.7. The number of hydrogen-bond acceptors (Lipinski definition) is 7. The van der Waals surface area contributed by atoms with E-state index in [0.717, 1.165) is 0 Å². The van der Waals surface area contributed by atoms with Crippen LogP contribution < -0.4 is 21.3 Å². The number of piperidine rings is 1. The van der Waals surface area contributed by atoms with Crippen molar-refractivity contribution >= 4 is 17.7 Å². The first-order valence-electron chi connectivity index (χ1n) is 10.7. The molecule has 0 radical (unpaired) electrons. The van der Waals surface area contributed by atoms with Gasteiger partial charge in [0.25, 0.3) is 0 Å². The SMILES string of the molecule is CC(=O)NC[C@H]1CN(c2ccc(-c3ccc([C@@]4(C#N)[C@@H]5CNC[C@@]54N)nc3)c(F)c2)C(=O)O1. The van der Waals surface area contributed by atoms with Gasteiger partial charge in [-0.25, -0.2) is 9.18 Å². The van der Waals surface area contributed by atoms with E-state index in [9.17, 15) is 19.2 Å². The molecule has 2 aliphatic heterocycles. The van der Waals surface area contributed by atoms with Crippen LogP contribution in [-0.2, 0) is 14.9 Å². The van der Waals surface area contributed by atoms with Gasteiger partial charge in [-0.15, -0.1) is 0 Å². The predicted molar refractivity (Wildman–Crippen MR) is 116 cm³/mol. The fourth-order valence-electron chi connectivity index (χ4n) is 5.11. The highest BCUT2D eigenvalue weighted by Gasteiger charge is 2.79. The molecule has 170 valence electrons. The summed E-state index contributed by atoms with van der Waals surface area (Å²) in [6, 6.07) is 10.3. The molecule has 2 aromatic rings. The van der Waals surface area contributed by atoms with Gasteiger partial charge < -0.3 is 21.1 Å². The molecule has 1 aromatic carbocycles. The Bertz CT molecular complexity index is 1180. The Morgan fingerprint density at radius 3 is 2.88 bits per heavy atom. The number of benzene rings is 1. The Balaban J connectivity index is 1.34. The molecule has 33 heavy (non-hydrogen) atoms. The van der Waals surface area contributed by atoms with Crippen LogP contribution in [0.4, 0.5) is 14.9 Å². The smallest absolute Gasteiger partial charge is 0.414 e. The molecule has 4 N–H and O–H groups in total. The van der Waals surface area contributed by atoms with Crippen molar-refractivity contribution in [2.75, 3.05) is 31.1 Å². The van der Waals surface area contributed by atoms with Gasteiger partial charge in [-0.1, -0.05) is 6.07 Å². The number of anilines is 1. The molecule has 1 saturated carbocycles. The lowest BCUT2D eigenvalue weighted by Gasteiger charge is -2.17. The molecule has 0 spiro atoms. The quantitative estimate of drug-likeness (QED) is 0.620. The minimum absolute atomic E-state index is 0.0130. The lowest BCUT2D eigenvalue weighted by Crippen LogP contribution is -2.40. The van der Waals surface area contributed by atoms with E-state index in [-0.39, 0.29) is 24.9 Å². The number of nitrogens with one attached hydrogen (secondary N) is 2. The maximum Gasteiger partial charge on any atom is 0.414 e. The number of halogens is 1. The highest BCUT2D eigenvalue weighted by molar-refractivity contribution is 5.90. The molecule has 2 amide bonds. The van der Waals surface area contributed by atoms with Gasteiger partial charge in [0.15, 0.2) is 0 Å². The number of aromatic nitrogens is 1. The zero-order valence-electron chi connectivity index (χ0n) is 18.0. The van der Waals surface area contributed by atoms with E-state index < -0.39 is 29.0 Å². The molecule has 2 saturated heterocycles. The number of carbonyl (C=O) groups is 2.